The minimum Gasteiger partial charge on any atom is -0.508 e. The maximum Gasteiger partial charge on any atom is 0.330 e. The minimum atomic E-state index is -1.86. The highest BCUT2D eigenvalue weighted by Crippen LogP contribution is 2.23. The number of aromatic nitrogens is 5. The van der Waals surface area contributed by atoms with Gasteiger partial charge in [-0.3, -0.25) is 63.2 Å². The van der Waals surface area contributed by atoms with Crippen LogP contribution in [0.1, 0.15) is 102 Å². The van der Waals surface area contributed by atoms with E-state index in [1.165, 1.54) is 54.2 Å². The van der Waals surface area contributed by atoms with Crippen LogP contribution in [0.15, 0.2) is 84.8 Å². The number of H-pyrrole nitrogens is 3. The lowest BCUT2D eigenvalue weighted by Crippen LogP contribution is -2.62. The van der Waals surface area contributed by atoms with Crippen molar-refractivity contribution >= 4 is 87.9 Å². The van der Waals surface area contributed by atoms with Crippen LogP contribution in [-0.4, -0.2) is 209 Å². The number of aromatic hydroxyl groups is 1. The normalized spacial score (nSPS) is 16.7. The number of aliphatic hydroxyl groups is 1. The number of aromatic amines is 3. The van der Waals surface area contributed by atoms with E-state index in [1.807, 2.05) is 5.43 Å². The highest BCUT2D eigenvalue weighted by Gasteiger charge is 2.41. The van der Waals surface area contributed by atoms with Crippen molar-refractivity contribution in [2.24, 2.45) is 28.1 Å². The Morgan fingerprint density at radius 1 is 0.653 bits per heavy atom. The van der Waals surface area contributed by atoms with Gasteiger partial charge in [-0.25, -0.2) is 20.2 Å². The predicted molar refractivity (Wildman–Crippen MR) is 363 cm³/mol. The SMILES string of the molecule is CC(C)C[C@H](NC(=O)[C@@H](COC(C)(C)C)NC(=O)[C@H](Cc1ccc(O)cc1)NC(=O)[C@H](CO)NC(=O)[C@H](Cc1c[nH]c2ccccc12)NC(=O)[C@H](Cc1cnc[nH]1)NC(=O)[C@H](Cc1cnc[nH]1)NC(=O)[C@@H]1CCC(=O)N1)C(=O)N[C@@H](CCCN=C(N)N)C(=O)N1CCC[C@H]1C(=O)NNC(N)=O. The second-order valence-electron chi connectivity index (χ2n) is 26.0. The lowest BCUT2D eigenvalue weighted by molar-refractivity contribution is -0.142. The van der Waals surface area contributed by atoms with Crippen LogP contribution in [0.2, 0.25) is 0 Å². The first kappa shape index (κ1) is 77.2. The lowest BCUT2D eigenvalue weighted by Gasteiger charge is -2.31. The lowest BCUT2D eigenvalue weighted by atomic mass is 10.0. The Balaban J connectivity index is 1.13. The number of aliphatic imine (C=N–C) groups is 1. The standard InChI is InChI=1S/C65H91N21O15/c1-34(2)22-44(54(91)76-43(12-8-20-71-63(66)67)62(99)86-21-9-13-51(86)61(98)84-85-64(68)100)77-60(97)50(31-101-65(3,4)5)83-55(92)45(23-35-14-16-39(88)17-15-35)78-59(96)49(30-87)82-56(93)46(24-36-27-72-41-11-7-6-10-40(36)41)79-57(94)48(26-38-29-70-33-74-38)81-58(95)47(25-37-28-69-32-73-37)80-53(90)42-18-19-52(89)75-42/h6-7,10-11,14-17,27-29,32-34,42-51,72,87-88H,8-9,12-13,18-26,30-31H2,1-5H3,(H,69,73)(H,70,74)(H,75,89)(H,76,91)(H,77,97)(H,78,96)(H,79,94)(H,80,90)(H,81,95)(H,82,93)(H,83,92)(H,84,98)(H4,66,67,71)(H3,68,85,100)/t42-,43-,44-,45-,46-,47-,48-,49-,50+,51-/m0/s1. The van der Waals surface area contributed by atoms with Gasteiger partial charge >= 0.3 is 6.03 Å². The van der Waals surface area contributed by atoms with E-state index in [1.54, 1.807) is 65.1 Å². The number of carbonyl (C=O) groups excluding carboxylic acids is 12. The number of para-hydroxylation sites is 1. The molecule has 0 bridgehead atoms. The van der Waals surface area contributed by atoms with Crippen LogP contribution in [0.5, 0.6) is 5.75 Å². The maximum absolute atomic E-state index is 14.9. The number of aliphatic hydroxyl groups excluding tert-OH is 1. The molecule has 13 amide bonds. The van der Waals surface area contributed by atoms with Crippen molar-refractivity contribution < 1.29 is 72.5 Å². The number of nitrogens with two attached hydrogens (primary N) is 3. The van der Waals surface area contributed by atoms with E-state index in [-0.39, 0.29) is 101 Å². The zero-order valence-electron chi connectivity index (χ0n) is 56.7. The minimum absolute atomic E-state index is 0.0119. The topological polar surface area (TPSA) is 554 Å². The Hall–Kier alpha value is -11.2. The quantitative estimate of drug-likeness (QED) is 0.00805. The third-order valence-electron chi connectivity index (χ3n) is 16.5. The molecule has 546 valence electrons. The Morgan fingerprint density at radius 2 is 1.20 bits per heavy atom. The van der Waals surface area contributed by atoms with Gasteiger partial charge in [0.15, 0.2) is 5.96 Å². The van der Waals surface area contributed by atoms with Crippen molar-refractivity contribution in [1.29, 1.82) is 0 Å². The van der Waals surface area contributed by atoms with E-state index in [0.717, 1.165) is 0 Å². The molecule has 2 saturated heterocycles. The summed E-state index contributed by atoms with van der Waals surface area (Å²) in [5, 5.41) is 45.7. The fourth-order valence-electron chi connectivity index (χ4n) is 11.3. The fraction of sp³-hybridized carbons (Fsp3) is 0.492. The number of imidazole rings is 2. The van der Waals surface area contributed by atoms with Crippen molar-refractivity contribution in [3.8, 4) is 5.75 Å². The first-order valence-corrected chi connectivity index (χ1v) is 33.0. The molecule has 0 spiro atoms. The number of hydrazine groups is 1. The Labute approximate surface area is 580 Å². The number of hydrogen-bond donors (Lipinski definition) is 19. The number of amides is 13. The Kier molecular flexibility index (Phi) is 28.0. The van der Waals surface area contributed by atoms with E-state index in [9.17, 15) is 67.7 Å². The van der Waals surface area contributed by atoms with E-state index >= 15 is 0 Å². The molecule has 3 aromatic heterocycles. The number of likely N-dealkylation sites (tertiary alicyclic amines) is 1. The Bertz CT molecular complexity index is 3720. The number of benzene rings is 2. The number of phenols is 1. The van der Waals surface area contributed by atoms with Gasteiger partial charge in [-0.15, -0.1) is 0 Å². The van der Waals surface area contributed by atoms with Gasteiger partial charge in [-0.05, 0) is 94.5 Å². The smallest absolute Gasteiger partial charge is 0.330 e. The molecular formula is C65H91N21O15. The number of hydrogen-bond acceptors (Lipinski definition) is 18. The molecule has 7 rings (SSSR count). The van der Waals surface area contributed by atoms with Crippen LogP contribution in [0.4, 0.5) is 4.79 Å². The number of guanidine groups is 1. The molecule has 5 heterocycles. The zero-order chi connectivity index (χ0) is 73.5. The van der Waals surface area contributed by atoms with Crippen LogP contribution in [0, 0.1) is 5.92 Å². The summed E-state index contributed by atoms with van der Waals surface area (Å²) >= 11 is 0. The molecule has 36 heteroatoms. The van der Waals surface area contributed by atoms with Crippen LogP contribution >= 0.6 is 0 Å². The van der Waals surface area contributed by atoms with E-state index in [4.69, 9.17) is 21.9 Å². The third kappa shape index (κ3) is 23.8. The molecule has 36 nitrogen and oxygen atoms in total. The van der Waals surface area contributed by atoms with Gasteiger partial charge in [0.2, 0.25) is 59.1 Å². The van der Waals surface area contributed by atoms with Gasteiger partial charge < -0.3 is 99.9 Å². The highest BCUT2D eigenvalue weighted by molar-refractivity contribution is 6.00. The fourth-order valence-corrected chi connectivity index (χ4v) is 11.3. The van der Waals surface area contributed by atoms with Crippen molar-refractivity contribution in [3.63, 3.8) is 0 Å². The number of primary amides is 1. The molecule has 0 unspecified atom stereocenters. The van der Waals surface area contributed by atoms with Gasteiger partial charge in [0.25, 0.3) is 5.91 Å². The maximum atomic E-state index is 14.9. The van der Waals surface area contributed by atoms with Crippen molar-refractivity contribution in [2.45, 2.75) is 171 Å². The first-order chi connectivity index (χ1) is 48.0. The highest BCUT2D eigenvalue weighted by atomic mass is 16.5. The molecule has 5 aromatic rings. The average Bonchev–Trinajstić information content (AvgIpc) is 1.81. The number of fused-ring (bicyclic) bond motifs is 1. The number of nitrogens with one attached hydrogen (secondary N) is 14. The van der Waals surface area contributed by atoms with E-state index < -0.39 is 144 Å². The van der Waals surface area contributed by atoms with Crippen LogP contribution in [0.25, 0.3) is 10.9 Å². The first-order valence-electron chi connectivity index (χ1n) is 33.0. The number of ether oxygens (including phenoxy) is 1. The summed E-state index contributed by atoms with van der Waals surface area (Å²) in [5.74, 6) is -9.72. The van der Waals surface area contributed by atoms with Gasteiger partial charge in [0.05, 0.1) is 31.5 Å². The zero-order valence-corrected chi connectivity index (χ0v) is 56.7. The van der Waals surface area contributed by atoms with Gasteiger partial charge in [-0.1, -0.05) is 44.2 Å². The Morgan fingerprint density at radius 3 is 1.76 bits per heavy atom. The molecule has 0 aliphatic carbocycles. The molecular weight excluding hydrogens is 1310 g/mol. The summed E-state index contributed by atoms with van der Waals surface area (Å²) in [7, 11) is 0. The summed E-state index contributed by atoms with van der Waals surface area (Å²) < 4.78 is 6.05. The molecule has 2 fully saturated rings. The summed E-state index contributed by atoms with van der Waals surface area (Å²) in [5.41, 5.74) is 21.8. The van der Waals surface area contributed by atoms with E-state index in [2.05, 4.69) is 83.2 Å². The average molecular weight is 1410 g/mol. The molecule has 2 aliphatic heterocycles. The summed E-state index contributed by atoms with van der Waals surface area (Å²) in [6, 6.07) is -2.59. The summed E-state index contributed by atoms with van der Waals surface area (Å²) in [6.07, 6.45) is 7.23. The van der Waals surface area contributed by atoms with Crippen molar-refractivity contribution in [2.75, 3.05) is 26.3 Å². The van der Waals surface area contributed by atoms with Gasteiger partial charge in [0, 0.05) is 86.1 Å². The predicted octanol–water partition coefficient (Wildman–Crippen LogP) is -3.66. The van der Waals surface area contributed by atoms with Crippen molar-refractivity contribution in [3.05, 3.63) is 102 Å². The molecule has 2 aliphatic rings. The largest absolute Gasteiger partial charge is 0.508 e. The van der Waals surface area contributed by atoms with Crippen LogP contribution in [-0.2, 0) is 83.2 Å². The van der Waals surface area contributed by atoms with Gasteiger partial charge in [-0.2, -0.15) is 0 Å². The van der Waals surface area contributed by atoms with Crippen LogP contribution < -0.4 is 75.9 Å². The van der Waals surface area contributed by atoms with Crippen molar-refractivity contribution in [1.82, 2.24) is 88.5 Å². The molecule has 22 N–H and O–H groups in total. The van der Waals surface area contributed by atoms with E-state index in [0.29, 0.717) is 39.8 Å². The monoisotopic (exact) mass is 1410 g/mol. The second kappa shape index (κ2) is 36.6. The number of urea groups is 1. The number of phenolic OH excluding ortho intramolecular Hbond substituents is 1. The molecule has 0 radical (unpaired) electrons. The third-order valence-corrected chi connectivity index (χ3v) is 16.5. The number of nitrogens with zero attached hydrogens (tertiary/aromatic N) is 4. The number of rotatable bonds is 35. The molecule has 2 aromatic carbocycles. The molecule has 0 saturated carbocycles. The molecule has 10 atom stereocenters. The summed E-state index contributed by atoms with van der Waals surface area (Å²) in [4.78, 5) is 190. The second-order valence-corrected chi connectivity index (χ2v) is 26.0. The summed E-state index contributed by atoms with van der Waals surface area (Å²) in [6.45, 7) is 7.16. The molecule has 101 heavy (non-hydrogen) atoms. The number of carbonyl (C=O) groups is 12. The van der Waals surface area contributed by atoms with Gasteiger partial charge in [0.1, 0.15) is 66.2 Å². The van der Waals surface area contributed by atoms with Crippen LogP contribution in [0.3, 0.4) is 0 Å².